The van der Waals surface area contributed by atoms with Crippen LogP contribution in [0, 0.1) is 0 Å². The van der Waals surface area contributed by atoms with Gasteiger partial charge in [-0.25, -0.2) is 0 Å². The zero-order chi connectivity index (χ0) is 17.0. The van der Waals surface area contributed by atoms with Crippen molar-refractivity contribution in [3.63, 3.8) is 0 Å². The Morgan fingerprint density at radius 1 is 1.39 bits per heavy atom. The molecule has 1 heterocycles. The lowest BCUT2D eigenvalue weighted by Crippen LogP contribution is -2.30. The maximum Gasteiger partial charge on any atom is 0.227 e. The molecule has 1 aliphatic heterocycles. The molecule has 0 spiro atoms. The van der Waals surface area contributed by atoms with Gasteiger partial charge >= 0.3 is 0 Å². The van der Waals surface area contributed by atoms with Gasteiger partial charge in [0.1, 0.15) is 0 Å². The van der Waals surface area contributed by atoms with Crippen molar-refractivity contribution in [2.45, 2.75) is 44.0 Å². The van der Waals surface area contributed by atoms with Crippen LogP contribution >= 0.6 is 24.6 Å². The molecule has 1 saturated heterocycles. The largest absolute Gasteiger partial charge is 0.393 e. The first-order valence-electron chi connectivity index (χ1n) is 7.77. The van der Waals surface area contributed by atoms with Gasteiger partial charge in [-0.2, -0.15) is 0 Å². The van der Waals surface area contributed by atoms with Crippen molar-refractivity contribution in [2.24, 2.45) is 0 Å². The molecular weight excluding hydrogens is 326 g/mol. The monoisotopic (exact) mass is 351 g/mol. The van der Waals surface area contributed by atoms with E-state index in [4.69, 9.17) is 0 Å². The second-order valence-corrected chi connectivity index (χ2v) is 7.93. The molecule has 0 aliphatic carbocycles. The second-order valence-electron chi connectivity index (χ2n) is 6.60. The molecule has 0 aromatic heterocycles. The molecule has 0 atom stereocenters. The number of rotatable bonds is 5. The smallest absolute Gasteiger partial charge is 0.227 e. The zero-order valence-electron chi connectivity index (χ0n) is 14.1. The number of thiol groups is 1. The average molecular weight is 352 g/mol. The van der Waals surface area contributed by atoms with Crippen LogP contribution < -0.4 is 14.9 Å². The number of nitrogens with one attached hydrogen (secondary N) is 2. The van der Waals surface area contributed by atoms with E-state index in [9.17, 15) is 4.79 Å². The summed E-state index contributed by atoms with van der Waals surface area (Å²) in [5.41, 5.74) is 1.99. The summed E-state index contributed by atoms with van der Waals surface area (Å²) in [6.07, 6.45) is 3.43. The Hall–Kier alpha value is -1.11. The standard InChI is InChI=1S/C17H25N3OS2/c1-17(2,3)19-23-15-10-12(20-9-5-6-16(20)21)7-8-13(15)14(22)11-18-4/h7-8,10-11,18-19,22H,5-6,9H2,1-4H3/b14-11-. The molecule has 0 bridgehead atoms. The fourth-order valence-corrected chi connectivity index (χ4v) is 3.60. The molecule has 6 heteroatoms. The Kier molecular flexibility index (Phi) is 6.06. The molecule has 1 aromatic carbocycles. The van der Waals surface area contributed by atoms with Crippen LogP contribution in [0.25, 0.3) is 4.91 Å². The molecule has 0 unspecified atom stereocenters. The van der Waals surface area contributed by atoms with Crippen LogP contribution in [0.1, 0.15) is 39.2 Å². The summed E-state index contributed by atoms with van der Waals surface area (Å²) in [4.78, 5) is 15.8. The van der Waals surface area contributed by atoms with Gasteiger partial charge in [0.05, 0.1) is 0 Å². The third kappa shape index (κ3) is 4.93. The first kappa shape index (κ1) is 18.2. The van der Waals surface area contributed by atoms with E-state index < -0.39 is 0 Å². The van der Waals surface area contributed by atoms with Gasteiger partial charge in [-0.3, -0.25) is 9.52 Å². The van der Waals surface area contributed by atoms with E-state index in [1.165, 1.54) is 0 Å². The van der Waals surface area contributed by atoms with E-state index >= 15 is 0 Å². The molecule has 2 N–H and O–H groups in total. The van der Waals surface area contributed by atoms with Gasteiger partial charge < -0.3 is 10.2 Å². The van der Waals surface area contributed by atoms with E-state index in [0.29, 0.717) is 6.42 Å². The van der Waals surface area contributed by atoms with E-state index in [0.717, 1.165) is 34.0 Å². The Morgan fingerprint density at radius 3 is 2.70 bits per heavy atom. The van der Waals surface area contributed by atoms with Crippen molar-refractivity contribution >= 4 is 41.1 Å². The van der Waals surface area contributed by atoms with Crippen molar-refractivity contribution in [1.82, 2.24) is 10.0 Å². The highest BCUT2D eigenvalue weighted by atomic mass is 32.2. The van der Waals surface area contributed by atoms with Gasteiger partial charge in [-0.1, -0.05) is 6.07 Å². The van der Waals surface area contributed by atoms with Gasteiger partial charge in [0.25, 0.3) is 0 Å². The van der Waals surface area contributed by atoms with Gasteiger partial charge in [0.15, 0.2) is 0 Å². The minimum atomic E-state index is -0.00904. The minimum Gasteiger partial charge on any atom is -0.393 e. The molecule has 4 nitrogen and oxygen atoms in total. The normalized spacial score (nSPS) is 16.1. The Morgan fingerprint density at radius 2 is 2.13 bits per heavy atom. The lowest BCUT2D eigenvalue weighted by Gasteiger charge is -2.22. The molecule has 1 aromatic rings. The number of benzene rings is 1. The average Bonchev–Trinajstić information content (AvgIpc) is 2.90. The fourth-order valence-electron chi connectivity index (χ4n) is 2.32. The summed E-state index contributed by atoms with van der Waals surface area (Å²) in [6, 6.07) is 6.10. The molecular formula is C17H25N3OS2. The Balaban J connectivity index is 2.35. The first-order chi connectivity index (χ1) is 10.8. The summed E-state index contributed by atoms with van der Waals surface area (Å²) >= 11 is 6.15. The van der Waals surface area contributed by atoms with Crippen molar-refractivity contribution in [3.05, 3.63) is 30.0 Å². The number of anilines is 1. The number of hydrogen-bond acceptors (Lipinski definition) is 5. The Bertz CT molecular complexity index is 608. The molecule has 23 heavy (non-hydrogen) atoms. The maximum absolute atomic E-state index is 12.0. The topological polar surface area (TPSA) is 44.4 Å². The van der Waals surface area contributed by atoms with Crippen molar-refractivity contribution < 1.29 is 4.79 Å². The first-order valence-corrected chi connectivity index (χ1v) is 9.03. The summed E-state index contributed by atoms with van der Waals surface area (Å²) in [5, 5.41) is 3.01. The van der Waals surface area contributed by atoms with Crippen molar-refractivity contribution in [3.8, 4) is 0 Å². The van der Waals surface area contributed by atoms with E-state index in [2.05, 4.69) is 49.5 Å². The molecule has 1 amide bonds. The van der Waals surface area contributed by atoms with Gasteiger partial charge in [-0.15, -0.1) is 12.6 Å². The van der Waals surface area contributed by atoms with Gasteiger partial charge in [0.2, 0.25) is 5.91 Å². The predicted molar refractivity (Wildman–Crippen MR) is 103 cm³/mol. The van der Waals surface area contributed by atoms with E-state index in [-0.39, 0.29) is 11.4 Å². The second kappa shape index (κ2) is 7.64. The van der Waals surface area contributed by atoms with Crippen LogP contribution in [0.2, 0.25) is 0 Å². The number of amides is 1. The molecule has 126 valence electrons. The van der Waals surface area contributed by atoms with Crippen molar-refractivity contribution in [1.29, 1.82) is 0 Å². The van der Waals surface area contributed by atoms with Crippen LogP contribution in [-0.4, -0.2) is 25.0 Å². The van der Waals surface area contributed by atoms with Gasteiger partial charge in [0, 0.05) is 52.8 Å². The summed E-state index contributed by atoms with van der Waals surface area (Å²) in [7, 11) is 1.85. The summed E-state index contributed by atoms with van der Waals surface area (Å²) in [5.74, 6) is 0.203. The fraction of sp³-hybridized carbons (Fsp3) is 0.471. The number of carbonyl (C=O) groups is 1. The van der Waals surface area contributed by atoms with Crippen LogP contribution in [0.4, 0.5) is 5.69 Å². The molecule has 1 aliphatic rings. The molecule has 2 rings (SSSR count). The third-order valence-corrected chi connectivity index (χ3v) is 5.02. The SMILES string of the molecule is CN/C=C(\S)c1ccc(N2CCCC2=O)cc1SNC(C)(C)C. The molecule has 0 saturated carbocycles. The maximum atomic E-state index is 12.0. The molecule has 0 radical (unpaired) electrons. The highest BCUT2D eigenvalue weighted by molar-refractivity contribution is 7.97. The lowest BCUT2D eigenvalue weighted by molar-refractivity contribution is -0.117. The number of nitrogens with zero attached hydrogens (tertiary/aromatic N) is 1. The summed E-state index contributed by atoms with van der Waals surface area (Å²) < 4.78 is 3.44. The molecule has 1 fully saturated rings. The number of carbonyl (C=O) groups excluding carboxylic acids is 1. The van der Waals surface area contributed by atoms with E-state index in [1.807, 2.05) is 30.3 Å². The highest BCUT2D eigenvalue weighted by Gasteiger charge is 2.23. The Labute approximate surface area is 148 Å². The third-order valence-electron chi connectivity index (χ3n) is 3.37. The van der Waals surface area contributed by atoms with Crippen LogP contribution in [0.3, 0.4) is 0 Å². The van der Waals surface area contributed by atoms with Gasteiger partial charge in [-0.05, 0) is 51.3 Å². The zero-order valence-corrected chi connectivity index (χ0v) is 15.9. The predicted octanol–water partition coefficient (Wildman–Crippen LogP) is 3.66. The van der Waals surface area contributed by atoms with E-state index in [1.54, 1.807) is 11.9 Å². The minimum absolute atomic E-state index is 0.00904. The highest BCUT2D eigenvalue weighted by Crippen LogP contribution is 2.34. The lowest BCUT2D eigenvalue weighted by atomic mass is 10.1. The quantitative estimate of drug-likeness (QED) is 0.560. The van der Waals surface area contributed by atoms with Crippen LogP contribution in [-0.2, 0) is 4.79 Å². The summed E-state index contributed by atoms with van der Waals surface area (Å²) in [6.45, 7) is 7.17. The van der Waals surface area contributed by atoms with Crippen LogP contribution in [0.15, 0.2) is 29.3 Å². The van der Waals surface area contributed by atoms with Crippen molar-refractivity contribution in [2.75, 3.05) is 18.5 Å². The van der Waals surface area contributed by atoms with Crippen LogP contribution in [0.5, 0.6) is 0 Å². The number of hydrogen-bond donors (Lipinski definition) is 3.